The second-order valence-corrected chi connectivity index (χ2v) is 8.57. The van der Waals surface area contributed by atoms with Crippen LogP contribution in [0.5, 0.6) is 0 Å². The first kappa shape index (κ1) is 18.2. The van der Waals surface area contributed by atoms with E-state index in [1.807, 2.05) is 0 Å². The number of anilines is 1. The second kappa shape index (κ2) is 7.31. The van der Waals surface area contributed by atoms with E-state index in [1.54, 1.807) is 12.1 Å². The molecule has 4 N–H and O–H groups in total. The maximum atomic E-state index is 12.3. The number of carbonyl (C=O) groups is 1. The van der Waals surface area contributed by atoms with Crippen molar-refractivity contribution in [3.63, 3.8) is 0 Å². The molecule has 1 heterocycles. The predicted molar refractivity (Wildman–Crippen MR) is 96.8 cm³/mol. The number of primary sulfonamides is 1. The smallest absolute Gasteiger partial charge is 0.319 e. The zero-order valence-electron chi connectivity index (χ0n) is 14.3. The Balaban J connectivity index is 1.61. The Hall–Kier alpha value is -1.64. The van der Waals surface area contributed by atoms with Crippen LogP contribution >= 0.6 is 0 Å². The molecule has 1 aliphatic heterocycles. The van der Waals surface area contributed by atoms with Gasteiger partial charge in [-0.05, 0) is 57.0 Å². The molecule has 0 atom stereocenters. The van der Waals surface area contributed by atoms with E-state index in [-0.39, 0.29) is 16.5 Å². The third-order valence-electron chi connectivity index (χ3n) is 5.31. The highest BCUT2D eigenvalue weighted by atomic mass is 32.2. The van der Waals surface area contributed by atoms with E-state index in [2.05, 4.69) is 15.5 Å². The van der Waals surface area contributed by atoms with Gasteiger partial charge in [0.25, 0.3) is 0 Å². The Bertz CT molecular complexity index is 723. The molecule has 7 nitrogen and oxygen atoms in total. The Morgan fingerprint density at radius 2 is 1.84 bits per heavy atom. The second-order valence-electron chi connectivity index (χ2n) is 7.01. The van der Waals surface area contributed by atoms with Gasteiger partial charge in [-0.25, -0.2) is 18.4 Å². The molecular weight excluding hydrogens is 340 g/mol. The number of benzene rings is 1. The summed E-state index contributed by atoms with van der Waals surface area (Å²) in [5.41, 5.74) is 0.488. The number of sulfonamides is 1. The number of nitrogens with zero attached hydrogens (tertiary/aromatic N) is 1. The van der Waals surface area contributed by atoms with Crippen molar-refractivity contribution < 1.29 is 13.2 Å². The highest BCUT2D eigenvalue weighted by molar-refractivity contribution is 7.89. The molecule has 138 valence electrons. The van der Waals surface area contributed by atoms with Gasteiger partial charge in [0.15, 0.2) is 0 Å². The van der Waals surface area contributed by atoms with Gasteiger partial charge in [0.2, 0.25) is 10.0 Å². The molecule has 1 saturated carbocycles. The summed E-state index contributed by atoms with van der Waals surface area (Å²) in [6, 6.07) is 5.63. The molecule has 0 radical (unpaired) electrons. The Kier molecular flexibility index (Phi) is 5.31. The van der Waals surface area contributed by atoms with Crippen molar-refractivity contribution in [1.29, 1.82) is 0 Å². The molecular formula is C17H26N4O3S. The molecule has 2 aliphatic rings. The van der Waals surface area contributed by atoms with Gasteiger partial charge >= 0.3 is 6.03 Å². The van der Waals surface area contributed by atoms with E-state index in [0.29, 0.717) is 12.2 Å². The highest BCUT2D eigenvalue weighted by Crippen LogP contribution is 2.36. The Morgan fingerprint density at radius 3 is 2.48 bits per heavy atom. The van der Waals surface area contributed by atoms with Gasteiger partial charge in [0, 0.05) is 17.8 Å². The number of nitrogens with one attached hydrogen (secondary N) is 2. The minimum atomic E-state index is -3.79. The topological polar surface area (TPSA) is 105 Å². The fourth-order valence-corrected chi connectivity index (χ4v) is 4.56. The number of likely N-dealkylation sites (tertiary alicyclic amines) is 1. The van der Waals surface area contributed by atoms with Gasteiger partial charge in [-0.15, -0.1) is 0 Å². The molecule has 0 bridgehead atoms. The third-order valence-corrected chi connectivity index (χ3v) is 6.22. The zero-order valence-corrected chi connectivity index (χ0v) is 15.1. The van der Waals surface area contributed by atoms with Crippen molar-refractivity contribution in [3.05, 3.63) is 24.3 Å². The average Bonchev–Trinajstić information content (AvgIpc) is 3.25. The average molecular weight is 366 g/mol. The largest absolute Gasteiger partial charge is 0.336 e. The lowest BCUT2D eigenvalue weighted by Gasteiger charge is -2.39. The van der Waals surface area contributed by atoms with Crippen molar-refractivity contribution >= 4 is 21.7 Å². The number of hydrogen-bond acceptors (Lipinski definition) is 4. The summed E-state index contributed by atoms with van der Waals surface area (Å²) in [7, 11) is -3.79. The fourth-order valence-electron chi connectivity index (χ4n) is 4.00. The van der Waals surface area contributed by atoms with Gasteiger partial charge in [0.05, 0.1) is 4.90 Å². The fraction of sp³-hybridized carbons (Fsp3) is 0.588. The van der Waals surface area contributed by atoms with Crippen molar-refractivity contribution in [3.8, 4) is 0 Å². The summed E-state index contributed by atoms with van der Waals surface area (Å²) < 4.78 is 22.8. The molecule has 1 aromatic carbocycles. The van der Waals surface area contributed by atoms with E-state index < -0.39 is 10.0 Å². The summed E-state index contributed by atoms with van der Waals surface area (Å²) in [5, 5.41) is 10.8. The molecule has 8 heteroatoms. The summed E-state index contributed by atoms with van der Waals surface area (Å²) in [4.78, 5) is 14.8. The SMILES string of the molecule is NS(=O)(=O)c1cccc(NC(=O)NCC2(N3CCCC3)CCCC2)c1. The standard InChI is InChI=1S/C17H26N4O3S/c18-25(23,24)15-7-5-6-14(12-15)20-16(22)19-13-17(8-1-2-9-17)21-10-3-4-11-21/h5-7,12H,1-4,8-11,13H2,(H2,18,23,24)(H2,19,20,22). The van der Waals surface area contributed by atoms with Crippen LogP contribution in [0.25, 0.3) is 0 Å². The molecule has 25 heavy (non-hydrogen) atoms. The number of nitrogens with two attached hydrogens (primary N) is 1. The third kappa shape index (κ3) is 4.31. The van der Waals surface area contributed by atoms with Crippen LogP contribution in [-0.2, 0) is 10.0 Å². The van der Waals surface area contributed by atoms with Crippen LogP contribution in [0.1, 0.15) is 38.5 Å². The molecule has 1 saturated heterocycles. The van der Waals surface area contributed by atoms with Crippen LogP contribution in [0, 0.1) is 0 Å². The monoisotopic (exact) mass is 366 g/mol. The molecule has 1 aliphatic carbocycles. The zero-order chi connectivity index (χ0) is 17.9. The van der Waals surface area contributed by atoms with Gasteiger partial charge in [-0.3, -0.25) is 4.90 Å². The quantitative estimate of drug-likeness (QED) is 0.740. The van der Waals surface area contributed by atoms with Crippen molar-refractivity contribution in [1.82, 2.24) is 10.2 Å². The molecule has 2 fully saturated rings. The minimum Gasteiger partial charge on any atom is -0.336 e. The van der Waals surface area contributed by atoms with Gasteiger partial charge in [0.1, 0.15) is 0 Å². The van der Waals surface area contributed by atoms with E-state index in [4.69, 9.17) is 5.14 Å². The lowest BCUT2D eigenvalue weighted by molar-refractivity contribution is 0.122. The minimum absolute atomic E-state index is 0.0189. The van der Waals surface area contributed by atoms with Gasteiger partial charge < -0.3 is 10.6 Å². The van der Waals surface area contributed by atoms with Crippen LogP contribution < -0.4 is 15.8 Å². The maximum absolute atomic E-state index is 12.3. The molecule has 0 spiro atoms. The number of amides is 2. The summed E-state index contributed by atoms with van der Waals surface area (Å²) in [6.07, 6.45) is 7.11. The lowest BCUT2D eigenvalue weighted by atomic mass is 9.95. The summed E-state index contributed by atoms with van der Waals surface area (Å²) in [6.45, 7) is 2.84. The molecule has 0 unspecified atom stereocenters. The number of hydrogen-bond donors (Lipinski definition) is 3. The lowest BCUT2D eigenvalue weighted by Crippen LogP contribution is -2.53. The Labute approximate surface area is 149 Å². The first-order chi connectivity index (χ1) is 11.9. The van der Waals surface area contributed by atoms with E-state index in [0.717, 1.165) is 25.9 Å². The number of rotatable bonds is 5. The van der Waals surface area contributed by atoms with Crippen LogP contribution in [-0.4, -0.2) is 44.5 Å². The van der Waals surface area contributed by atoms with Crippen LogP contribution in [0.15, 0.2) is 29.2 Å². The molecule has 2 amide bonds. The summed E-state index contributed by atoms with van der Waals surface area (Å²) in [5.74, 6) is 0. The molecule has 3 rings (SSSR count). The number of carbonyl (C=O) groups excluding carboxylic acids is 1. The van der Waals surface area contributed by atoms with Gasteiger partial charge in [-0.2, -0.15) is 0 Å². The Morgan fingerprint density at radius 1 is 1.16 bits per heavy atom. The maximum Gasteiger partial charge on any atom is 0.319 e. The van der Waals surface area contributed by atoms with E-state index in [9.17, 15) is 13.2 Å². The highest BCUT2D eigenvalue weighted by Gasteiger charge is 2.40. The van der Waals surface area contributed by atoms with Crippen LogP contribution in [0.2, 0.25) is 0 Å². The van der Waals surface area contributed by atoms with Gasteiger partial charge in [-0.1, -0.05) is 18.9 Å². The first-order valence-corrected chi connectivity index (χ1v) is 10.4. The van der Waals surface area contributed by atoms with Crippen LogP contribution in [0.3, 0.4) is 0 Å². The van der Waals surface area contributed by atoms with Crippen molar-refractivity contribution in [2.75, 3.05) is 25.0 Å². The normalized spacial score (nSPS) is 20.5. The predicted octanol–water partition coefficient (Wildman–Crippen LogP) is 1.86. The molecule has 1 aromatic rings. The van der Waals surface area contributed by atoms with Crippen molar-refractivity contribution in [2.45, 2.75) is 49.0 Å². The number of urea groups is 1. The first-order valence-electron chi connectivity index (χ1n) is 8.82. The molecule has 0 aromatic heterocycles. The van der Waals surface area contributed by atoms with E-state index >= 15 is 0 Å². The van der Waals surface area contributed by atoms with Crippen molar-refractivity contribution in [2.24, 2.45) is 5.14 Å². The van der Waals surface area contributed by atoms with Crippen LogP contribution in [0.4, 0.5) is 10.5 Å². The van der Waals surface area contributed by atoms with E-state index in [1.165, 1.54) is 37.8 Å². The summed E-state index contributed by atoms with van der Waals surface area (Å²) >= 11 is 0.